The molecule has 0 unspecified atom stereocenters. The molecule has 0 spiro atoms. The number of nitrogens with two attached hydrogens (primary N) is 1. The van der Waals surface area contributed by atoms with E-state index in [0.717, 1.165) is 0 Å². The highest BCUT2D eigenvalue weighted by Crippen LogP contribution is 2.42. The summed E-state index contributed by atoms with van der Waals surface area (Å²) in [7, 11) is 0. The van der Waals surface area contributed by atoms with E-state index in [1.54, 1.807) is 0 Å². The molecule has 0 bridgehead atoms. The van der Waals surface area contributed by atoms with Crippen LogP contribution in [0.5, 0.6) is 11.5 Å². The van der Waals surface area contributed by atoms with Gasteiger partial charge in [-0.25, -0.2) is 4.79 Å². The Morgan fingerprint density at radius 2 is 2.05 bits per heavy atom. The van der Waals surface area contributed by atoms with Crippen LogP contribution in [0.1, 0.15) is 18.5 Å². The van der Waals surface area contributed by atoms with Crippen molar-refractivity contribution in [2.45, 2.75) is 18.9 Å². The fourth-order valence-corrected chi connectivity index (χ4v) is 1.99. The molecule has 9 heteroatoms. The van der Waals surface area contributed by atoms with Crippen molar-refractivity contribution in [3.8, 4) is 11.5 Å². The molecule has 0 saturated carbocycles. The van der Waals surface area contributed by atoms with E-state index in [4.69, 9.17) is 26.8 Å². The summed E-state index contributed by atoms with van der Waals surface area (Å²) in [5.41, 5.74) is 5.35. The largest absolute Gasteiger partial charge is 0.462 e. The Kier molecular flexibility index (Phi) is 5.61. The molecule has 1 atom stereocenters. The number of hydrogen-bond acceptors (Lipinski definition) is 5. The van der Waals surface area contributed by atoms with Crippen LogP contribution >= 0.6 is 24.0 Å². The van der Waals surface area contributed by atoms with Crippen molar-refractivity contribution in [3.05, 3.63) is 22.7 Å². The number of carbonyl (C=O) groups excluding carboxylic acids is 1. The van der Waals surface area contributed by atoms with Crippen molar-refractivity contribution in [2.75, 3.05) is 13.4 Å². The molecule has 1 aliphatic rings. The molecule has 1 aliphatic heterocycles. The van der Waals surface area contributed by atoms with E-state index in [1.165, 1.54) is 19.1 Å². The van der Waals surface area contributed by atoms with Gasteiger partial charge in [-0.05, 0) is 18.6 Å². The van der Waals surface area contributed by atoms with Gasteiger partial charge in [0.1, 0.15) is 6.04 Å². The van der Waals surface area contributed by atoms with Crippen LogP contribution in [0.2, 0.25) is 5.02 Å². The molecule has 0 aliphatic carbocycles. The lowest BCUT2D eigenvalue weighted by Crippen LogP contribution is -2.41. The lowest BCUT2D eigenvalue weighted by Gasteiger charge is -2.22. The SMILES string of the molecule is CCOC(=O)C(F)(F)[C@H](N)c1cc2c(cc1Cl)OCO2.Cl. The third-order valence-electron chi connectivity index (χ3n) is 2.77. The van der Waals surface area contributed by atoms with Crippen molar-refractivity contribution in [3.63, 3.8) is 0 Å². The Morgan fingerprint density at radius 1 is 1.48 bits per heavy atom. The Labute approximate surface area is 130 Å². The molecule has 0 fully saturated rings. The van der Waals surface area contributed by atoms with Crippen LogP contribution < -0.4 is 15.2 Å². The van der Waals surface area contributed by atoms with E-state index >= 15 is 0 Å². The summed E-state index contributed by atoms with van der Waals surface area (Å²) in [4.78, 5) is 11.3. The van der Waals surface area contributed by atoms with Gasteiger partial charge >= 0.3 is 11.9 Å². The number of rotatable bonds is 4. The molecule has 2 N–H and O–H groups in total. The van der Waals surface area contributed by atoms with Crippen molar-refractivity contribution in [1.29, 1.82) is 0 Å². The summed E-state index contributed by atoms with van der Waals surface area (Å²) < 4.78 is 42.2. The van der Waals surface area contributed by atoms with Crippen LogP contribution in [0, 0.1) is 0 Å². The van der Waals surface area contributed by atoms with E-state index in [2.05, 4.69) is 4.74 Å². The monoisotopic (exact) mass is 343 g/mol. The highest BCUT2D eigenvalue weighted by atomic mass is 35.5. The second kappa shape index (κ2) is 6.64. The van der Waals surface area contributed by atoms with Crippen LogP contribution in [0.15, 0.2) is 12.1 Å². The molecular weight excluding hydrogens is 331 g/mol. The van der Waals surface area contributed by atoms with Gasteiger partial charge in [0.05, 0.1) is 6.61 Å². The quantitative estimate of drug-likeness (QED) is 0.851. The molecule has 0 amide bonds. The van der Waals surface area contributed by atoms with Gasteiger partial charge in [0, 0.05) is 11.1 Å². The zero-order valence-corrected chi connectivity index (χ0v) is 12.5. The van der Waals surface area contributed by atoms with Gasteiger partial charge in [-0.3, -0.25) is 0 Å². The van der Waals surface area contributed by atoms with Gasteiger partial charge in [-0.1, -0.05) is 11.6 Å². The first-order valence-electron chi connectivity index (χ1n) is 5.77. The number of alkyl halides is 2. The first-order chi connectivity index (χ1) is 9.37. The highest BCUT2D eigenvalue weighted by molar-refractivity contribution is 6.31. The van der Waals surface area contributed by atoms with E-state index in [1.807, 2.05) is 0 Å². The lowest BCUT2D eigenvalue weighted by atomic mass is 10.0. The summed E-state index contributed by atoms with van der Waals surface area (Å²) in [6, 6.07) is 0.617. The van der Waals surface area contributed by atoms with Crippen LogP contribution in [0.4, 0.5) is 8.78 Å². The second-order valence-electron chi connectivity index (χ2n) is 4.05. The Bertz CT molecular complexity index is 542. The summed E-state index contributed by atoms with van der Waals surface area (Å²) >= 11 is 5.89. The zero-order valence-electron chi connectivity index (χ0n) is 10.9. The Hall–Kier alpha value is -1.31. The number of carbonyl (C=O) groups is 1. The van der Waals surface area contributed by atoms with Crippen LogP contribution in [-0.4, -0.2) is 25.3 Å². The van der Waals surface area contributed by atoms with Gasteiger partial charge in [-0.2, -0.15) is 8.78 Å². The minimum atomic E-state index is -3.90. The molecule has 1 aromatic carbocycles. The van der Waals surface area contributed by atoms with E-state index < -0.39 is 17.9 Å². The molecule has 0 saturated heterocycles. The first-order valence-corrected chi connectivity index (χ1v) is 6.15. The molecule has 118 valence electrons. The molecule has 0 radical (unpaired) electrons. The third kappa shape index (κ3) is 3.30. The smallest absolute Gasteiger partial charge is 0.379 e. The first kappa shape index (κ1) is 17.7. The molecule has 21 heavy (non-hydrogen) atoms. The minimum Gasteiger partial charge on any atom is -0.462 e. The number of esters is 1. The predicted molar refractivity (Wildman–Crippen MR) is 73.3 cm³/mol. The maximum Gasteiger partial charge on any atom is 0.379 e. The van der Waals surface area contributed by atoms with E-state index in [9.17, 15) is 13.6 Å². The lowest BCUT2D eigenvalue weighted by molar-refractivity contribution is -0.174. The predicted octanol–water partition coefficient (Wildman–Crippen LogP) is 2.69. The summed E-state index contributed by atoms with van der Waals surface area (Å²) in [6.07, 6.45) is 0. The standard InChI is InChI=1S/C12H12ClF2NO4.ClH/c1-2-18-11(17)12(14,15)10(16)6-3-8-9(4-7(6)13)20-5-19-8;/h3-4,10H,2,5,16H2,1H3;1H/t10-;/m1./s1. The number of benzene rings is 1. The van der Waals surface area contributed by atoms with Gasteiger partial charge in [0.2, 0.25) is 6.79 Å². The number of fused-ring (bicyclic) bond motifs is 1. The van der Waals surface area contributed by atoms with Gasteiger partial charge in [0.15, 0.2) is 11.5 Å². The number of halogens is 4. The highest BCUT2D eigenvalue weighted by Gasteiger charge is 2.48. The molecule has 5 nitrogen and oxygen atoms in total. The third-order valence-corrected chi connectivity index (χ3v) is 3.09. The molecule has 1 aromatic rings. The van der Waals surface area contributed by atoms with Gasteiger partial charge in [0.25, 0.3) is 0 Å². The van der Waals surface area contributed by atoms with Crippen LogP contribution in [0.25, 0.3) is 0 Å². The normalized spacial score (nSPS) is 14.3. The molecule has 2 rings (SSSR count). The van der Waals surface area contributed by atoms with Crippen LogP contribution in [-0.2, 0) is 9.53 Å². The van der Waals surface area contributed by atoms with E-state index in [-0.39, 0.29) is 42.1 Å². The van der Waals surface area contributed by atoms with Crippen molar-refractivity contribution in [2.24, 2.45) is 5.73 Å². The van der Waals surface area contributed by atoms with E-state index in [0.29, 0.717) is 5.75 Å². The van der Waals surface area contributed by atoms with Crippen molar-refractivity contribution < 1.29 is 27.8 Å². The van der Waals surface area contributed by atoms with Crippen molar-refractivity contribution >= 4 is 30.0 Å². The van der Waals surface area contributed by atoms with Gasteiger partial charge in [-0.15, -0.1) is 12.4 Å². The fraction of sp³-hybridized carbons (Fsp3) is 0.417. The minimum absolute atomic E-state index is 0. The molecule has 1 heterocycles. The Balaban J connectivity index is 0.00000220. The fourth-order valence-electron chi connectivity index (χ4n) is 1.72. The topological polar surface area (TPSA) is 70.8 Å². The van der Waals surface area contributed by atoms with Crippen LogP contribution in [0.3, 0.4) is 0 Å². The van der Waals surface area contributed by atoms with Gasteiger partial charge < -0.3 is 19.9 Å². The number of ether oxygens (including phenoxy) is 3. The Morgan fingerprint density at radius 3 is 2.62 bits per heavy atom. The second-order valence-corrected chi connectivity index (χ2v) is 4.46. The molecular formula is C12H13Cl2F2NO4. The average Bonchev–Trinajstić information content (AvgIpc) is 2.84. The summed E-state index contributed by atoms with van der Waals surface area (Å²) in [6.45, 7) is 1.22. The van der Waals surface area contributed by atoms with Crippen molar-refractivity contribution in [1.82, 2.24) is 0 Å². The maximum atomic E-state index is 13.9. The summed E-state index contributed by atoms with van der Waals surface area (Å²) in [5.74, 6) is -5.00. The summed E-state index contributed by atoms with van der Waals surface area (Å²) in [5, 5.41) is -0.0364. The molecule has 0 aromatic heterocycles. The zero-order chi connectivity index (χ0) is 14.9. The average molecular weight is 344 g/mol. The maximum absolute atomic E-state index is 13.9. The number of hydrogen-bond donors (Lipinski definition) is 1.